The monoisotopic (exact) mass is 309 g/mol. The molecule has 2 fully saturated rings. The highest BCUT2D eigenvalue weighted by atomic mass is 32.2. The minimum Gasteiger partial charge on any atom is -0.383 e. The van der Waals surface area contributed by atoms with Crippen molar-refractivity contribution in [1.82, 2.24) is 9.71 Å². The van der Waals surface area contributed by atoms with E-state index in [0.717, 1.165) is 12.8 Å². The van der Waals surface area contributed by atoms with Gasteiger partial charge in [0.1, 0.15) is 10.7 Å². The van der Waals surface area contributed by atoms with E-state index in [4.69, 9.17) is 5.73 Å². The maximum atomic E-state index is 12.6. The van der Waals surface area contributed by atoms with Crippen molar-refractivity contribution < 1.29 is 8.42 Å². The van der Waals surface area contributed by atoms with Gasteiger partial charge in [0, 0.05) is 12.2 Å². The molecule has 116 valence electrons. The Morgan fingerprint density at radius 2 is 2.10 bits per heavy atom. The number of nitrogens with zero attached hydrogens (tertiary/aromatic N) is 1. The Labute approximate surface area is 126 Å². The lowest BCUT2D eigenvalue weighted by molar-refractivity contribution is 0.130. The summed E-state index contributed by atoms with van der Waals surface area (Å²) in [6.07, 6.45) is 4.66. The van der Waals surface area contributed by atoms with E-state index in [0.29, 0.717) is 5.92 Å². The van der Waals surface area contributed by atoms with Crippen LogP contribution in [0.3, 0.4) is 0 Å². The lowest BCUT2D eigenvalue weighted by Crippen LogP contribution is -2.46. The number of hydrogen-bond acceptors (Lipinski definition) is 4. The van der Waals surface area contributed by atoms with Crippen LogP contribution in [-0.4, -0.2) is 19.4 Å². The van der Waals surface area contributed by atoms with Crippen molar-refractivity contribution in [3.8, 4) is 0 Å². The Bertz CT molecular complexity index is 671. The first-order chi connectivity index (χ1) is 9.68. The molecule has 0 aromatic carbocycles. The zero-order valence-corrected chi connectivity index (χ0v) is 13.6. The van der Waals surface area contributed by atoms with Crippen LogP contribution in [-0.2, 0) is 10.0 Å². The number of fused-ring (bicyclic) bond motifs is 2. The molecule has 3 rings (SSSR count). The van der Waals surface area contributed by atoms with Crippen molar-refractivity contribution in [1.29, 1.82) is 0 Å². The predicted octanol–water partition coefficient (Wildman–Crippen LogP) is 2.16. The number of pyridine rings is 1. The van der Waals surface area contributed by atoms with Crippen molar-refractivity contribution in [2.24, 2.45) is 16.7 Å². The van der Waals surface area contributed by atoms with E-state index < -0.39 is 10.0 Å². The third-order valence-electron chi connectivity index (χ3n) is 6.18. The van der Waals surface area contributed by atoms with Gasteiger partial charge in [0.15, 0.2) is 0 Å². The molecule has 2 saturated carbocycles. The summed E-state index contributed by atoms with van der Waals surface area (Å²) in [5.41, 5.74) is 5.88. The maximum absolute atomic E-state index is 12.6. The van der Waals surface area contributed by atoms with Crippen LogP contribution in [0.25, 0.3) is 0 Å². The van der Waals surface area contributed by atoms with Crippen LogP contribution in [0.1, 0.15) is 40.0 Å². The Kier molecular flexibility index (Phi) is 3.12. The summed E-state index contributed by atoms with van der Waals surface area (Å²) >= 11 is 0. The van der Waals surface area contributed by atoms with Gasteiger partial charge in [0.05, 0.1) is 0 Å². The number of nitrogens with one attached hydrogen (secondary N) is 1. The number of hydrogen-bond donors (Lipinski definition) is 2. The highest BCUT2D eigenvalue weighted by Gasteiger charge is 2.61. The smallest absolute Gasteiger partial charge is 0.244 e. The molecule has 3 N–H and O–H groups in total. The SMILES string of the molecule is CC1(C)C2CCC1(C)C(NS(=O)(=O)c1cccnc1N)C2. The minimum absolute atomic E-state index is 0.00169. The van der Waals surface area contributed by atoms with Gasteiger partial charge in [-0.25, -0.2) is 18.1 Å². The second kappa shape index (κ2) is 4.43. The van der Waals surface area contributed by atoms with Gasteiger partial charge >= 0.3 is 0 Å². The molecule has 1 aromatic heterocycles. The zero-order chi connectivity index (χ0) is 15.5. The first-order valence-electron chi connectivity index (χ1n) is 7.41. The van der Waals surface area contributed by atoms with E-state index in [1.165, 1.54) is 18.7 Å². The molecule has 0 amide bonds. The second-order valence-electron chi connectivity index (χ2n) is 7.17. The van der Waals surface area contributed by atoms with E-state index >= 15 is 0 Å². The molecule has 0 spiro atoms. The summed E-state index contributed by atoms with van der Waals surface area (Å²) in [6.45, 7) is 6.73. The van der Waals surface area contributed by atoms with Gasteiger partial charge in [0.2, 0.25) is 10.0 Å². The molecule has 21 heavy (non-hydrogen) atoms. The molecule has 0 aliphatic heterocycles. The van der Waals surface area contributed by atoms with Gasteiger partial charge in [0.25, 0.3) is 0 Å². The van der Waals surface area contributed by atoms with Crippen molar-refractivity contribution in [2.75, 3.05) is 5.73 Å². The topological polar surface area (TPSA) is 85.1 Å². The highest BCUT2D eigenvalue weighted by Crippen LogP contribution is 2.65. The van der Waals surface area contributed by atoms with E-state index in [1.807, 2.05) is 0 Å². The molecular weight excluding hydrogens is 286 g/mol. The maximum Gasteiger partial charge on any atom is 0.244 e. The number of sulfonamides is 1. The normalized spacial score (nSPS) is 34.2. The summed E-state index contributed by atoms with van der Waals surface area (Å²) in [7, 11) is -3.62. The van der Waals surface area contributed by atoms with Crippen molar-refractivity contribution >= 4 is 15.8 Å². The third-order valence-corrected chi connectivity index (χ3v) is 7.70. The molecule has 6 heteroatoms. The molecule has 2 bridgehead atoms. The van der Waals surface area contributed by atoms with Crippen LogP contribution in [0.2, 0.25) is 0 Å². The van der Waals surface area contributed by atoms with Crippen LogP contribution < -0.4 is 10.5 Å². The third kappa shape index (κ3) is 1.99. The van der Waals surface area contributed by atoms with Crippen LogP contribution in [0.15, 0.2) is 23.2 Å². The van der Waals surface area contributed by atoms with E-state index in [1.54, 1.807) is 6.07 Å². The number of nitrogens with two attached hydrogens (primary N) is 1. The summed E-state index contributed by atoms with van der Waals surface area (Å²) < 4.78 is 28.1. The highest BCUT2D eigenvalue weighted by molar-refractivity contribution is 7.89. The number of aromatic nitrogens is 1. The predicted molar refractivity (Wildman–Crippen MR) is 82.0 cm³/mol. The average Bonchev–Trinajstić information content (AvgIpc) is 2.72. The lowest BCUT2D eigenvalue weighted by Gasteiger charge is -2.39. The molecule has 1 heterocycles. The molecule has 3 atom stereocenters. The van der Waals surface area contributed by atoms with Gasteiger partial charge in [-0.1, -0.05) is 20.8 Å². The van der Waals surface area contributed by atoms with E-state index in [2.05, 4.69) is 30.5 Å². The summed E-state index contributed by atoms with van der Waals surface area (Å²) in [4.78, 5) is 3.95. The molecule has 3 unspecified atom stereocenters. The quantitative estimate of drug-likeness (QED) is 0.896. The van der Waals surface area contributed by atoms with Gasteiger partial charge in [-0.05, 0) is 48.1 Å². The first kappa shape index (κ1) is 14.8. The fourth-order valence-electron chi connectivity index (χ4n) is 4.26. The van der Waals surface area contributed by atoms with Crippen LogP contribution in [0.5, 0.6) is 0 Å². The number of anilines is 1. The summed E-state index contributed by atoms with van der Waals surface area (Å²) in [5.74, 6) is 0.638. The Morgan fingerprint density at radius 3 is 2.62 bits per heavy atom. The van der Waals surface area contributed by atoms with Gasteiger partial charge in [-0.2, -0.15) is 0 Å². The Hall–Kier alpha value is -1.14. The average molecular weight is 309 g/mol. The second-order valence-corrected chi connectivity index (χ2v) is 8.85. The largest absolute Gasteiger partial charge is 0.383 e. The molecule has 1 aromatic rings. The summed E-state index contributed by atoms with van der Waals surface area (Å²) in [5, 5.41) is 0. The fourth-order valence-corrected chi connectivity index (χ4v) is 5.71. The van der Waals surface area contributed by atoms with E-state index in [-0.39, 0.29) is 27.6 Å². The number of nitrogen functional groups attached to an aromatic ring is 1. The molecule has 2 aliphatic carbocycles. The molecule has 0 saturated heterocycles. The Morgan fingerprint density at radius 1 is 1.38 bits per heavy atom. The van der Waals surface area contributed by atoms with Crippen LogP contribution in [0.4, 0.5) is 5.82 Å². The van der Waals surface area contributed by atoms with Crippen molar-refractivity contribution in [3.63, 3.8) is 0 Å². The molecular formula is C15H23N3O2S. The van der Waals surface area contributed by atoms with Crippen molar-refractivity contribution in [2.45, 2.75) is 51.0 Å². The Balaban J connectivity index is 1.90. The first-order valence-corrected chi connectivity index (χ1v) is 8.89. The molecule has 0 radical (unpaired) electrons. The standard InChI is InChI=1S/C15H23N3O2S/c1-14(2)10-6-7-15(14,3)12(9-10)18-21(19,20)11-5-4-8-17-13(11)16/h4-5,8,10,12,18H,6-7,9H2,1-3H3,(H2,16,17). The lowest BCUT2D eigenvalue weighted by atomic mass is 9.69. The van der Waals surface area contributed by atoms with E-state index in [9.17, 15) is 8.42 Å². The van der Waals surface area contributed by atoms with Gasteiger partial charge in [-0.3, -0.25) is 0 Å². The molecule has 5 nitrogen and oxygen atoms in total. The van der Waals surface area contributed by atoms with Crippen LogP contribution >= 0.6 is 0 Å². The zero-order valence-electron chi connectivity index (χ0n) is 12.8. The fraction of sp³-hybridized carbons (Fsp3) is 0.667. The minimum atomic E-state index is -3.62. The molecule has 2 aliphatic rings. The van der Waals surface area contributed by atoms with Crippen molar-refractivity contribution in [3.05, 3.63) is 18.3 Å². The number of rotatable bonds is 3. The van der Waals surface area contributed by atoms with Gasteiger partial charge in [-0.15, -0.1) is 0 Å². The summed E-state index contributed by atoms with van der Waals surface area (Å²) in [6, 6.07) is 3.07. The van der Waals surface area contributed by atoms with Gasteiger partial charge < -0.3 is 5.73 Å². The van der Waals surface area contributed by atoms with Crippen LogP contribution in [0, 0.1) is 16.7 Å².